The molecule has 382 valence electrons. The van der Waals surface area contributed by atoms with Gasteiger partial charge in [0.1, 0.15) is 67.1 Å². The lowest BCUT2D eigenvalue weighted by Crippen LogP contribution is -2.66. The minimum absolute atomic E-state index is 0.112. The Hall–Kier alpha value is -1.92. The van der Waals surface area contributed by atoms with Gasteiger partial charge in [0.15, 0.2) is 18.7 Å². The summed E-state index contributed by atoms with van der Waals surface area (Å²) >= 11 is 0. The number of fused-ring (bicyclic) bond motifs is 7. The Morgan fingerprint density at radius 3 is 1.91 bits per heavy atom. The van der Waals surface area contributed by atoms with E-state index in [1.165, 1.54) is 5.57 Å². The van der Waals surface area contributed by atoms with E-state index in [0.29, 0.717) is 32.1 Å². The van der Waals surface area contributed by atoms with E-state index in [1.54, 1.807) is 0 Å². The number of aliphatic hydroxyl groups excluding tert-OH is 10. The van der Waals surface area contributed by atoms with Crippen LogP contribution in [0.15, 0.2) is 11.6 Å². The van der Waals surface area contributed by atoms with Gasteiger partial charge in [0.05, 0.1) is 24.7 Å². The van der Waals surface area contributed by atoms with Crippen LogP contribution in [-0.4, -0.2) is 180 Å². The third-order valence-electron chi connectivity index (χ3n) is 19.3. The number of aliphatic hydroxyl groups is 10. The van der Waals surface area contributed by atoms with Crippen LogP contribution in [0.2, 0.25) is 0 Å². The highest BCUT2D eigenvalue weighted by molar-refractivity contribution is 5.79. The monoisotopic (exact) mass is 956 g/mol. The topological polar surface area (TPSA) is 312 Å². The molecule has 67 heavy (non-hydrogen) atoms. The molecular formula is C48H76O19. The Balaban J connectivity index is 1.01. The van der Waals surface area contributed by atoms with Crippen molar-refractivity contribution in [3.63, 3.8) is 0 Å². The molecule has 23 unspecified atom stereocenters. The fourth-order valence-electron chi connectivity index (χ4n) is 14.9. The van der Waals surface area contributed by atoms with E-state index in [-0.39, 0.29) is 39.4 Å². The molecule has 0 aromatic heterocycles. The number of carboxylic acids is 1. The Morgan fingerprint density at radius 1 is 0.657 bits per heavy atom. The fraction of sp³-hybridized carbons (Fsp3) is 0.917. The molecule has 11 N–H and O–H groups in total. The molecule has 23 atom stereocenters. The van der Waals surface area contributed by atoms with E-state index >= 15 is 0 Å². The molecule has 0 aromatic carbocycles. The molecule has 0 spiro atoms. The minimum Gasteiger partial charge on any atom is -0.479 e. The van der Waals surface area contributed by atoms with E-state index in [0.717, 1.165) is 32.1 Å². The van der Waals surface area contributed by atoms with Crippen LogP contribution in [-0.2, 0) is 38.0 Å². The summed E-state index contributed by atoms with van der Waals surface area (Å²) in [5, 5.41) is 115. The van der Waals surface area contributed by atoms with Crippen LogP contribution in [0.3, 0.4) is 0 Å². The standard InChI is InChI=1S/C48H76O19/c1-43(2)14-16-48(42(61)67-40-35(57)31(53)29(51)24(64-40)20-62-39-34(56)30(52)28(50)23(19-49)63-39)17-15-46(6)21(22(48)18-43)8-9-26-45(5)12-11-27(44(3,4)25(45)10-13-47(26,46)7)65-41-36(58)32(54)33(55)37(66-41)38(59)60/h8,22-37,39-41,49-58H,9-20H2,1-7H3,(H,59,60). The number of hydrogen-bond donors (Lipinski definition) is 11. The van der Waals surface area contributed by atoms with Gasteiger partial charge < -0.3 is 84.6 Å². The molecule has 0 amide bonds. The van der Waals surface area contributed by atoms with E-state index in [2.05, 4.69) is 54.5 Å². The zero-order valence-electron chi connectivity index (χ0n) is 39.7. The van der Waals surface area contributed by atoms with Gasteiger partial charge in [-0.05, 0) is 109 Å². The number of carbonyl (C=O) groups excluding carboxylic acids is 1. The maximum atomic E-state index is 15.0. The van der Waals surface area contributed by atoms with E-state index in [1.807, 2.05) is 0 Å². The van der Waals surface area contributed by atoms with Crippen LogP contribution in [0.1, 0.15) is 113 Å². The van der Waals surface area contributed by atoms with Crippen molar-refractivity contribution in [3.05, 3.63) is 11.6 Å². The highest BCUT2D eigenvalue weighted by atomic mass is 16.7. The lowest BCUT2D eigenvalue weighted by Gasteiger charge is -2.71. The first-order valence-corrected chi connectivity index (χ1v) is 24.3. The van der Waals surface area contributed by atoms with Crippen molar-refractivity contribution < 1.29 is 94.2 Å². The molecule has 3 aliphatic heterocycles. The predicted molar refractivity (Wildman–Crippen MR) is 231 cm³/mol. The van der Waals surface area contributed by atoms with Gasteiger partial charge in [-0.2, -0.15) is 0 Å². The van der Waals surface area contributed by atoms with Gasteiger partial charge in [0, 0.05) is 0 Å². The van der Waals surface area contributed by atoms with Gasteiger partial charge in [-0.1, -0.05) is 60.1 Å². The zero-order chi connectivity index (χ0) is 49.1. The molecule has 0 aromatic rings. The van der Waals surface area contributed by atoms with Crippen molar-refractivity contribution in [2.24, 2.45) is 50.2 Å². The molecule has 19 nitrogen and oxygen atoms in total. The maximum Gasteiger partial charge on any atom is 0.335 e. The first-order chi connectivity index (χ1) is 31.2. The van der Waals surface area contributed by atoms with Crippen molar-refractivity contribution in [3.8, 4) is 0 Å². The second kappa shape index (κ2) is 18.0. The summed E-state index contributed by atoms with van der Waals surface area (Å²) in [6.45, 7) is 14.6. The summed E-state index contributed by atoms with van der Waals surface area (Å²) in [6.07, 6.45) is -15.7. The third-order valence-corrected chi connectivity index (χ3v) is 19.3. The van der Waals surface area contributed by atoms with Crippen molar-refractivity contribution in [2.75, 3.05) is 13.2 Å². The Morgan fingerprint density at radius 2 is 1.25 bits per heavy atom. The highest BCUT2D eigenvalue weighted by Crippen LogP contribution is 2.76. The lowest BCUT2D eigenvalue weighted by atomic mass is 9.33. The maximum absolute atomic E-state index is 15.0. The molecule has 0 radical (unpaired) electrons. The lowest BCUT2D eigenvalue weighted by molar-refractivity contribution is -0.328. The van der Waals surface area contributed by atoms with Crippen LogP contribution in [0, 0.1) is 50.2 Å². The van der Waals surface area contributed by atoms with Crippen LogP contribution < -0.4 is 0 Å². The third kappa shape index (κ3) is 8.15. The molecule has 3 saturated heterocycles. The number of ether oxygens (including phenoxy) is 6. The van der Waals surface area contributed by atoms with Crippen molar-refractivity contribution in [2.45, 2.75) is 211 Å². The number of allylic oxidation sites excluding steroid dienone is 2. The van der Waals surface area contributed by atoms with E-state index in [9.17, 15) is 65.8 Å². The van der Waals surface area contributed by atoms with Gasteiger partial charge in [-0.25, -0.2) is 4.79 Å². The minimum atomic E-state index is -1.82. The Bertz CT molecular complexity index is 1880. The Labute approximate surface area is 391 Å². The van der Waals surface area contributed by atoms with Crippen LogP contribution in [0.5, 0.6) is 0 Å². The number of carboxylic acid groups (broad SMARTS) is 1. The molecule has 5 aliphatic carbocycles. The van der Waals surface area contributed by atoms with Crippen LogP contribution in [0.4, 0.5) is 0 Å². The number of carbonyl (C=O) groups is 2. The molecule has 0 bridgehead atoms. The molecule has 7 fully saturated rings. The quantitative estimate of drug-likeness (QED) is 0.0838. The SMILES string of the molecule is CC1(C)CCC2(C(=O)OC3OC(COC4OC(CO)C(O)C(O)C4O)C(O)C(O)C3O)CCC3(C)C(=CCC4C5(C)CCC(OC6OC(C(=O)O)C(O)C(O)C6O)C(C)(C)C5CCC43C)C2C1. The van der Waals surface area contributed by atoms with Crippen LogP contribution >= 0.6 is 0 Å². The summed E-state index contributed by atoms with van der Waals surface area (Å²) in [5.41, 5.74) is -0.956. The van der Waals surface area contributed by atoms with E-state index in [4.69, 9.17) is 28.4 Å². The largest absolute Gasteiger partial charge is 0.479 e. The molecule has 4 saturated carbocycles. The average molecular weight is 957 g/mol. The molecular weight excluding hydrogens is 881 g/mol. The first kappa shape index (κ1) is 51.4. The first-order valence-electron chi connectivity index (χ1n) is 24.3. The number of rotatable bonds is 9. The molecule has 8 aliphatic rings. The summed E-state index contributed by atoms with van der Waals surface area (Å²) in [4.78, 5) is 26.8. The Kier molecular flexibility index (Phi) is 13.8. The van der Waals surface area contributed by atoms with Crippen molar-refractivity contribution >= 4 is 11.9 Å². The van der Waals surface area contributed by atoms with Gasteiger partial charge in [0.2, 0.25) is 6.29 Å². The predicted octanol–water partition coefficient (Wildman–Crippen LogP) is 0.233. The number of hydrogen-bond acceptors (Lipinski definition) is 18. The summed E-state index contributed by atoms with van der Waals surface area (Å²) in [5.74, 6) is -1.83. The van der Waals surface area contributed by atoms with E-state index < -0.39 is 134 Å². The number of esters is 1. The van der Waals surface area contributed by atoms with Gasteiger partial charge >= 0.3 is 11.9 Å². The van der Waals surface area contributed by atoms with Crippen molar-refractivity contribution in [1.82, 2.24) is 0 Å². The normalized spacial score (nSPS) is 52.6. The second-order valence-corrected chi connectivity index (χ2v) is 23.5. The smallest absolute Gasteiger partial charge is 0.335 e. The average Bonchev–Trinajstić information content (AvgIpc) is 3.26. The second-order valence-electron chi connectivity index (χ2n) is 23.5. The molecule has 19 heteroatoms. The number of aliphatic carboxylic acids is 1. The van der Waals surface area contributed by atoms with Crippen LogP contribution in [0.25, 0.3) is 0 Å². The van der Waals surface area contributed by atoms with Gasteiger partial charge in [-0.15, -0.1) is 0 Å². The fourth-order valence-corrected chi connectivity index (χ4v) is 14.9. The van der Waals surface area contributed by atoms with Gasteiger partial charge in [0.25, 0.3) is 0 Å². The zero-order valence-corrected chi connectivity index (χ0v) is 39.7. The summed E-state index contributed by atoms with van der Waals surface area (Å²) < 4.78 is 35.1. The highest BCUT2D eigenvalue weighted by Gasteiger charge is 2.70. The molecule has 3 heterocycles. The van der Waals surface area contributed by atoms with Gasteiger partial charge in [-0.3, -0.25) is 4.79 Å². The summed E-state index contributed by atoms with van der Waals surface area (Å²) in [7, 11) is 0. The van der Waals surface area contributed by atoms with Crippen molar-refractivity contribution in [1.29, 1.82) is 0 Å². The molecule has 8 rings (SSSR count). The summed E-state index contributed by atoms with van der Waals surface area (Å²) in [6, 6.07) is 0.